The monoisotopic (exact) mass is 331 g/mol. The van der Waals surface area contributed by atoms with Crippen molar-refractivity contribution < 1.29 is 19.0 Å². The van der Waals surface area contributed by atoms with Crippen LogP contribution in [0.15, 0.2) is 48.5 Å². The van der Waals surface area contributed by atoms with Crippen LogP contribution in [0.3, 0.4) is 0 Å². The quantitative estimate of drug-likeness (QED) is 0.782. The fourth-order valence-electron chi connectivity index (χ4n) is 2.33. The molecule has 0 heterocycles. The standard InChI is InChI=1S/C19H22FNO3/c1-2-24-15-10-7-14(8-11-15)9-12-19(23)21-13-18(22)16-5-3-4-6-17(16)20/h3-8,10-11,18,22H,2,9,12-13H2,1H3,(H,21,23). The third-order valence-electron chi connectivity index (χ3n) is 3.63. The molecule has 0 aliphatic carbocycles. The molecular weight excluding hydrogens is 309 g/mol. The highest BCUT2D eigenvalue weighted by atomic mass is 19.1. The molecule has 0 aromatic heterocycles. The normalized spacial score (nSPS) is 11.8. The Bertz CT molecular complexity index is 658. The Kier molecular flexibility index (Phi) is 6.75. The lowest BCUT2D eigenvalue weighted by Crippen LogP contribution is -2.28. The smallest absolute Gasteiger partial charge is 0.220 e. The predicted octanol–water partition coefficient (Wildman–Crippen LogP) is 3.01. The lowest BCUT2D eigenvalue weighted by Gasteiger charge is -2.13. The summed E-state index contributed by atoms with van der Waals surface area (Å²) < 4.78 is 18.9. The number of amides is 1. The van der Waals surface area contributed by atoms with Gasteiger partial charge in [0, 0.05) is 18.5 Å². The Morgan fingerprint density at radius 1 is 1.21 bits per heavy atom. The van der Waals surface area contributed by atoms with Crippen LogP contribution in [0.4, 0.5) is 4.39 Å². The molecular formula is C19H22FNO3. The van der Waals surface area contributed by atoms with Crippen molar-refractivity contribution in [3.63, 3.8) is 0 Å². The first kappa shape index (κ1) is 17.9. The van der Waals surface area contributed by atoms with Gasteiger partial charge in [0.15, 0.2) is 0 Å². The van der Waals surface area contributed by atoms with E-state index in [1.165, 1.54) is 12.1 Å². The molecule has 2 N–H and O–H groups in total. The van der Waals surface area contributed by atoms with E-state index in [1.54, 1.807) is 12.1 Å². The number of halogens is 1. The average Bonchev–Trinajstić information content (AvgIpc) is 2.60. The number of carbonyl (C=O) groups excluding carboxylic acids is 1. The van der Waals surface area contributed by atoms with Crippen LogP contribution in [0.2, 0.25) is 0 Å². The minimum absolute atomic E-state index is 0.0109. The summed E-state index contributed by atoms with van der Waals surface area (Å²) in [5.74, 6) is 0.145. The summed E-state index contributed by atoms with van der Waals surface area (Å²) in [6.45, 7) is 2.53. The van der Waals surface area contributed by atoms with E-state index < -0.39 is 11.9 Å². The number of aryl methyl sites for hydroxylation is 1. The molecule has 0 aliphatic heterocycles. The molecule has 128 valence electrons. The Morgan fingerprint density at radius 2 is 1.92 bits per heavy atom. The summed E-state index contributed by atoms with van der Waals surface area (Å²) >= 11 is 0. The van der Waals surface area contributed by atoms with E-state index in [2.05, 4.69) is 5.32 Å². The minimum Gasteiger partial charge on any atom is -0.494 e. The van der Waals surface area contributed by atoms with Gasteiger partial charge in [-0.2, -0.15) is 0 Å². The van der Waals surface area contributed by atoms with Crippen molar-refractivity contribution in [2.45, 2.75) is 25.9 Å². The van der Waals surface area contributed by atoms with Gasteiger partial charge in [-0.25, -0.2) is 4.39 Å². The van der Waals surface area contributed by atoms with Crippen LogP contribution in [0, 0.1) is 5.82 Å². The highest BCUT2D eigenvalue weighted by Gasteiger charge is 2.13. The first-order valence-corrected chi connectivity index (χ1v) is 8.01. The molecule has 0 fully saturated rings. The van der Waals surface area contributed by atoms with E-state index in [9.17, 15) is 14.3 Å². The van der Waals surface area contributed by atoms with E-state index >= 15 is 0 Å². The number of ether oxygens (including phenoxy) is 1. The van der Waals surface area contributed by atoms with Crippen LogP contribution in [-0.2, 0) is 11.2 Å². The maximum atomic E-state index is 13.5. The molecule has 1 amide bonds. The second kappa shape index (κ2) is 9.03. The number of hydrogen-bond donors (Lipinski definition) is 2. The van der Waals surface area contributed by atoms with E-state index in [0.717, 1.165) is 11.3 Å². The van der Waals surface area contributed by atoms with Crippen LogP contribution >= 0.6 is 0 Å². The number of nitrogens with one attached hydrogen (secondary N) is 1. The third-order valence-corrected chi connectivity index (χ3v) is 3.63. The molecule has 0 saturated heterocycles. The van der Waals surface area contributed by atoms with Gasteiger partial charge in [-0.05, 0) is 37.1 Å². The van der Waals surface area contributed by atoms with Gasteiger partial charge in [0.2, 0.25) is 5.91 Å². The molecule has 2 aromatic carbocycles. The first-order chi connectivity index (χ1) is 11.6. The van der Waals surface area contributed by atoms with Crippen LogP contribution < -0.4 is 10.1 Å². The highest BCUT2D eigenvalue weighted by Crippen LogP contribution is 2.16. The topological polar surface area (TPSA) is 58.6 Å². The maximum Gasteiger partial charge on any atom is 0.220 e. The second-order valence-electron chi connectivity index (χ2n) is 5.42. The zero-order valence-corrected chi connectivity index (χ0v) is 13.7. The van der Waals surface area contributed by atoms with Gasteiger partial charge in [-0.15, -0.1) is 0 Å². The second-order valence-corrected chi connectivity index (χ2v) is 5.42. The molecule has 2 aromatic rings. The lowest BCUT2D eigenvalue weighted by molar-refractivity contribution is -0.121. The number of aliphatic hydroxyl groups excluding tert-OH is 1. The van der Waals surface area contributed by atoms with Gasteiger partial charge in [0.25, 0.3) is 0 Å². The Balaban J connectivity index is 1.76. The predicted molar refractivity (Wildman–Crippen MR) is 90.3 cm³/mol. The van der Waals surface area contributed by atoms with Crippen molar-refractivity contribution in [2.75, 3.05) is 13.2 Å². The zero-order valence-electron chi connectivity index (χ0n) is 13.7. The van der Waals surface area contributed by atoms with Gasteiger partial charge >= 0.3 is 0 Å². The molecule has 5 heteroatoms. The fourth-order valence-corrected chi connectivity index (χ4v) is 2.33. The summed E-state index contributed by atoms with van der Waals surface area (Å²) in [5, 5.41) is 12.6. The van der Waals surface area contributed by atoms with Crippen molar-refractivity contribution in [1.82, 2.24) is 5.32 Å². The largest absolute Gasteiger partial charge is 0.494 e. The maximum absolute atomic E-state index is 13.5. The molecule has 0 spiro atoms. The van der Waals surface area contributed by atoms with Gasteiger partial charge in [0.1, 0.15) is 11.6 Å². The number of rotatable bonds is 8. The van der Waals surface area contributed by atoms with Gasteiger partial charge < -0.3 is 15.2 Å². The van der Waals surface area contributed by atoms with Crippen molar-refractivity contribution in [2.24, 2.45) is 0 Å². The Hall–Kier alpha value is -2.40. The molecule has 0 radical (unpaired) electrons. The van der Waals surface area contributed by atoms with E-state index in [1.807, 2.05) is 31.2 Å². The molecule has 0 saturated carbocycles. The first-order valence-electron chi connectivity index (χ1n) is 8.01. The molecule has 1 unspecified atom stereocenters. The zero-order chi connectivity index (χ0) is 17.4. The molecule has 4 nitrogen and oxygen atoms in total. The minimum atomic E-state index is -1.05. The Labute approximate surface area is 141 Å². The number of aliphatic hydroxyl groups is 1. The van der Waals surface area contributed by atoms with Crippen molar-refractivity contribution in [3.8, 4) is 5.75 Å². The summed E-state index contributed by atoms with van der Waals surface area (Å²) in [4.78, 5) is 11.9. The molecule has 24 heavy (non-hydrogen) atoms. The van der Waals surface area contributed by atoms with E-state index in [4.69, 9.17) is 4.74 Å². The Morgan fingerprint density at radius 3 is 2.58 bits per heavy atom. The van der Waals surface area contributed by atoms with E-state index in [-0.39, 0.29) is 18.0 Å². The van der Waals surface area contributed by atoms with Crippen molar-refractivity contribution >= 4 is 5.91 Å². The third kappa shape index (κ3) is 5.35. The van der Waals surface area contributed by atoms with Gasteiger partial charge in [-0.3, -0.25) is 4.79 Å². The van der Waals surface area contributed by atoms with Crippen LogP contribution in [0.5, 0.6) is 5.75 Å². The summed E-state index contributed by atoms with van der Waals surface area (Å²) in [5.41, 5.74) is 1.22. The molecule has 0 bridgehead atoms. The van der Waals surface area contributed by atoms with Crippen LogP contribution in [-0.4, -0.2) is 24.2 Å². The SMILES string of the molecule is CCOc1ccc(CCC(=O)NCC(O)c2ccccc2F)cc1. The fraction of sp³-hybridized carbons (Fsp3) is 0.316. The molecule has 2 rings (SSSR count). The molecule has 1 atom stereocenters. The highest BCUT2D eigenvalue weighted by molar-refractivity contribution is 5.76. The summed E-state index contributed by atoms with van der Waals surface area (Å²) in [7, 11) is 0. The lowest BCUT2D eigenvalue weighted by atomic mass is 10.1. The van der Waals surface area contributed by atoms with Crippen molar-refractivity contribution in [1.29, 1.82) is 0 Å². The number of hydrogen-bond acceptors (Lipinski definition) is 3. The van der Waals surface area contributed by atoms with Crippen LogP contribution in [0.1, 0.15) is 30.6 Å². The average molecular weight is 331 g/mol. The summed E-state index contributed by atoms with van der Waals surface area (Å²) in [6, 6.07) is 13.6. The van der Waals surface area contributed by atoms with Crippen molar-refractivity contribution in [3.05, 3.63) is 65.5 Å². The number of carbonyl (C=O) groups is 1. The molecule has 0 aliphatic rings. The number of benzene rings is 2. The van der Waals surface area contributed by atoms with E-state index in [0.29, 0.717) is 19.4 Å². The van der Waals surface area contributed by atoms with Crippen LogP contribution in [0.25, 0.3) is 0 Å². The van der Waals surface area contributed by atoms with Gasteiger partial charge in [0.05, 0.1) is 12.7 Å². The summed E-state index contributed by atoms with van der Waals surface area (Å²) in [6.07, 6.45) is -0.160. The van der Waals surface area contributed by atoms with Gasteiger partial charge in [-0.1, -0.05) is 30.3 Å².